The quantitative estimate of drug-likeness (QED) is 0.865. The van der Waals surface area contributed by atoms with E-state index in [2.05, 4.69) is 4.98 Å². The average molecular weight is 277 g/mol. The molecule has 0 fully saturated rings. The predicted octanol–water partition coefficient (Wildman–Crippen LogP) is 3.02. The van der Waals surface area contributed by atoms with Crippen molar-refractivity contribution in [2.75, 3.05) is 19.1 Å². The molecule has 1 amide bonds. The molecule has 0 unspecified atom stereocenters. The number of para-hydroxylation sites is 2. The second-order valence-electron chi connectivity index (χ2n) is 3.89. The lowest BCUT2D eigenvalue weighted by Crippen LogP contribution is -2.27. The summed E-state index contributed by atoms with van der Waals surface area (Å²) in [5, 5.41) is 0.377. The largest absolute Gasteiger partial charge is 0.495 e. The van der Waals surface area contributed by atoms with Gasteiger partial charge in [0.25, 0.3) is 5.91 Å². The molecule has 0 atom stereocenters. The van der Waals surface area contributed by atoms with Crippen molar-refractivity contribution >= 4 is 23.2 Å². The third-order valence-electron chi connectivity index (χ3n) is 2.75. The summed E-state index contributed by atoms with van der Waals surface area (Å²) < 4.78 is 5.24. The van der Waals surface area contributed by atoms with Crippen LogP contribution in [0.15, 0.2) is 42.7 Å². The first-order valence-corrected chi connectivity index (χ1v) is 6.03. The summed E-state index contributed by atoms with van der Waals surface area (Å²) >= 11 is 6.01. The Balaban J connectivity index is 2.37. The van der Waals surface area contributed by atoms with Crippen LogP contribution < -0.4 is 9.64 Å². The molecule has 5 heteroatoms. The fourth-order valence-corrected chi connectivity index (χ4v) is 1.92. The Morgan fingerprint density at radius 1 is 1.32 bits per heavy atom. The zero-order chi connectivity index (χ0) is 13.8. The topological polar surface area (TPSA) is 42.4 Å². The van der Waals surface area contributed by atoms with Crippen LogP contribution in [0.25, 0.3) is 0 Å². The summed E-state index contributed by atoms with van der Waals surface area (Å²) in [5.74, 6) is 0.390. The summed E-state index contributed by atoms with van der Waals surface area (Å²) in [6.07, 6.45) is 3.00. The van der Waals surface area contributed by atoms with Crippen molar-refractivity contribution in [3.8, 4) is 5.75 Å². The van der Waals surface area contributed by atoms with Crippen molar-refractivity contribution in [1.82, 2.24) is 4.98 Å². The molecule has 98 valence electrons. The third kappa shape index (κ3) is 2.69. The minimum Gasteiger partial charge on any atom is -0.495 e. The van der Waals surface area contributed by atoms with E-state index in [1.54, 1.807) is 38.6 Å². The molecule has 1 heterocycles. The van der Waals surface area contributed by atoms with Gasteiger partial charge in [0, 0.05) is 19.4 Å². The lowest BCUT2D eigenvalue weighted by atomic mass is 10.2. The molecule has 19 heavy (non-hydrogen) atoms. The first kappa shape index (κ1) is 13.4. The van der Waals surface area contributed by atoms with Gasteiger partial charge in [-0.3, -0.25) is 9.78 Å². The van der Waals surface area contributed by atoms with Crippen LogP contribution >= 0.6 is 11.6 Å². The smallest absolute Gasteiger partial charge is 0.261 e. The van der Waals surface area contributed by atoms with Crippen molar-refractivity contribution in [3.63, 3.8) is 0 Å². The Labute approximate surface area is 116 Å². The van der Waals surface area contributed by atoms with Crippen LogP contribution in [0.2, 0.25) is 5.02 Å². The van der Waals surface area contributed by atoms with Crippen LogP contribution in [0.4, 0.5) is 5.69 Å². The molecule has 1 aromatic carbocycles. The van der Waals surface area contributed by atoms with Crippen LogP contribution in [-0.4, -0.2) is 25.0 Å². The maximum atomic E-state index is 12.4. The van der Waals surface area contributed by atoms with Crippen LogP contribution in [-0.2, 0) is 0 Å². The minimum atomic E-state index is -0.234. The SMILES string of the molecule is COc1ccccc1N(C)C(=O)c1cnccc1Cl. The van der Waals surface area contributed by atoms with Crippen molar-refractivity contribution in [3.05, 3.63) is 53.3 Å². The van der Waals surface area contributed by atoms with E-state index >= 15 is 0 Å². The molecule has 0 N–H and O–H groups in total. The average Bonchev–Trinajstić information content (AvgIpc) is 2.46. The van der Waals surface area contributed by atoms with Gasteiger partial charge < -0.3 is 9.64 Å². The minimum absolute atomic E-state index is 0.234. The number of amides is 1. The number of benzene rings is 1. The molecule has 4 nitrogen and oxygen atoms in total. The van der Waals surface area contributed by atoms with E-state index in [0.29, 0.717) is 22.0 Å². The number of carbonyl (C=O) groups excluding carboxylic acids is 1. The molecule has 0 aliphatic rings. The molecular formula is C14H13ClN2O2. The van der Waals surface area contributed by atoms with E-state index in [1.807, 2.05) is 12.1 Å². The van der Waals surface area contributed by atoms with Gasteiger partial charge >= 0.3 is 0 Å². The van der Waals surface area contributed by atoms with E-state index in [-0.39, 0.29) is 5.91 Å². The Bertz CT molecular complexity index is 602. The Hall–Kier alpha value is -2.07. The lowest BCUT2D eigenvalue weighted by Gasteiger charge is -2.20. The molecule has 2 rings (SSSR count). The summed E-state index contributed by atoms with van der Waals surface area (Å²) in [5.41, 5.74) is 1.03. The normalized spacial score (nSPS) is 10.1. The summed E-state index contributed by atoms with van der Waals surface area (Å²) in [4.78, 5) is 17.8. The number of pyridine rings is 1. The van der Waals surface area contributed by atoms with Crippen molar-refractivity contribution < 1.29 is 9.53 Å². The number of rotatable bonds is 3. The van der Waals surface area contributed by atoms with Crippen LogP contribution in [0, 0.1) is 0 Å². The maximum Gasteiger partial charge on any atom is 0.261 e. The zero-order valence-corrected chi connectivity index (χ0v) is 11.4. The summed E-state index contributed by atoms with van der Waals surface area (Å²) in [6, 6.07) is 8.88. The molecule has 0 bridgehead atoms. The predicted molar refractivity (Wildman–Crippen MR) is 75.0 cm³/mol. The van der Waals surface area contributed by atoms with Gasteiger partial charge in [0.2, 0.25) is 0 Å². The highest BCUT2D eigenvalue weighted by atomic mass is 35.5. The standard InChI is InChI=1S/C14H13ClN2O2/c1-17(12-5-3-4-6-13(12)19-2)14(18)10-9-16-8-7-11(10)15/h3-9H,1-2H3. The van der Waals surface area contributed by atoms with E-state index in [0.717, 1.165) is 0 Å². The van der Waals surface area contributed by atoms with Gasteiger partial charge in [-0.15, -0.1) is 0 Å². The van der Waals surface area contributed by atoms with Gasteiger partial charge in [0.1, 0.15) is 5.75 Å². The molecule has 1 aromatic heterocycles. The Kier molecular flexibility index (Phi) is 4.02. The zero-order valence-electron chi connectivity index (χ0n) is 10.6. The van der Waals surface area contributed by atoms with E-state index < -0.39 is 0 Å². The molecule has 0 saturated heterocycles. The summed E-state index contributed by atoms with van der Waals surface area (Å²) in [7, 11) is 3.23. The highest BCUT2D eigenvalue weighted by molar-refractivity contribution is 6.34. The molecule has 0 aliphatic carbocycles. The fourth-order valence-electron chi connectivity index (χ4n) is 1.73. The van der Waals surface area contributed by atoms with Crippen LogP contribution in [0.1, 0.15) is 10.4 Å². The number of hydrogen-bond acceptors (Lipinski definition) is 3. The van der Waals surface area contributed by atoms with E-state index in [9.17, 15) is 4.79 Å². The molecule has 0 radical (unpaired) electrons. The third-order valence-corrected chi connectivity index (χ3v) is 3.08. The van der Waals surface area contributed by atoms with Crippen molar-refractivity contribution in [1.29, 1.82) is 0 Å². The number of methoxy groups -OCH3 is 1. The second-order valence-corrected chi connectivity index (χ2v) is 4.30. The molecule has 0 spiro atoms. The number of hydrogen-bond donors (Lipinski definition) is 0. The van der Waals surface area contributed by atoms with Crippen molar-refractivity contribution in [2.45, 2.75) is 0 Å². The van der Waals surface area contributed by atoms with Crippen LogP contribution in [0.3, 0.4) is 0 Å². The van der Waals surface area contributed by atoms with Gasteiger partial charge in [0.05, 0.1) is 23.4 Å². The fraction of sp³-hybridized carbons (Fsp3) is 0.143. The lowest BCUT2D eigenvalue weighted by molar-refractivity contribution is 0.0992. The van der Waals surface area contributed by atoms with Gasteiger partial charge in [-0.2, -0.15) is 0 Å². The molecular weight excluding hydrogens is 264 g/mol. The molecule has 0 aliphatic heterocycles. The number of aromatic nitrogens is 1. The number of carbonyl (C=O) groups is 1. The van der Waals surface area contributed by atoms with Crippen molar-refractivity contribution in [2.24, 2.45) is 0 Å². The Morgan fingerprint density at radius 2 is 2.05 bits per heavy atom. The highest BCUT2D eigenvalue weighted by Crippen LogP contribution is 2.28. The number of halogens is 1. The number of nitrogens with zero attached hydrogens (tertiary/aromatic N) is 2. The van der Waals surface area contributed by atoms with Gasteiger partial charge in [0.15, 0.2) is 0 Å². The second kappa shape index (κ2) is 5.71. The summed E-state index contributed by atoms with van der Waals surface area (Å²) in [6.45, 7) is 0. The highest BCUT2D eigenvalue weighted by Gasteiger charge is 2.19. The number of ether oxygens (including phenoxy) is 1. The Morgan fingerprint density at radius 3 is 2.74 bits per heavy atom. The monoisotopic (exact) mass is 276 g/mol. The van der Waals surface area contributed by atoms with Gasteiger partial charge in [-0.05, 0) is 18.2 Å². The molecule has 0 saturated carbocycles. The van der Waals surface area contributed by atoms with E-state index in [1.165, 1.54) is 11.1 Å². The first-order chi connectivity index (χ1) is 9.15. The van der Waals surface area contributed by atoms with Crippen LogP contribution in [0.5, 0.6) is 5.75 Å². The van der Waals surface area contributed by atoms with Gasteiger partial charge in [-0.25, -0.2) is 0 Å². The molecule has 2 aromatic rings. The first-order valence-electron chi connectivity index (χ1n) is 5.65. The number of anilines is 1. The maximum absolute atomic E-state index is 12.4. The van der Waals surface area contributed by atoms with Gasteiger partial charge in [-0.1, -0.05) is 23.7 Å². The van der Waals surface area contributed by atoms with E-state index in [4.69, 9.17) is 16.3 Å².